The Bertz CT molecular complexity index is 409. The zero-order valence-electron chi connectivity index (χ0n) is 9.86. The molecule has 0 fully saturated rings. The molecule has 1 aliphatic rings. The van der Waals surface area contributed by atoms with Crippen molar-refractivity contribution in [3.63, 3.8) is 0 Å². The molecular weight excluding hydrogens is 242 g/mol. The van der Waals surface area contributed by atoms with Crippen LogP contribution >= 0.6 is 12.4 Å². The Labute approximate surface area is 107 Å². The van der Waals surface area contributed by atoms with Crippen LogP contribution in [0.3, 0.4) is 0 Å². The number of hydrogen-bond acceptors (Lipinski definition) is 4. The summed E-state index contributed by atoms with van der Waals surface area (Å²) in [5.74, 6) is 0.638. The summed E-state index contributed by atoms with van der Waals surface area (Å²) >= 11 is 0. The minimum Gasteiger partial charge on any atom is -0.497 e. The number of carbonyl (C=O) groups excluding carboxylic acids is 1. The maximum absolute atomic E-state index is 11.4. The van der Waals surface area contributed by atoms with Crippen molar-refractivity contribution in [1.82, 2.24) is 5.32 Å². The van der Waals surface area contributed by atoms with E-state index in [1.165, 1.54) is 18.2 Å². The summed E-state index contributed by atoms with van der Waals surface area (Å²) in [7, 11) is 3.06. The van der Waals surface area contributed by atoms with Crippen LogP contribution in [0.25, 0.3) is 0 Å². The number of rotatable bonds is 2. The van der Waals surface area contributed by atoms with E-state index in [2.05, 4.69) is 5.32 Å². The molecular formula is C12H16ClNO3. The molecule has 1 N–H and O–H groups in total. The molecule has 0 spiro atoms. The predicted octanol–water partition coefficient (Wildman–Crippen LogP) is 1.30. The molecule has 1 atom stereocenters. The molecule has 0 saturated carbocycles. The minimum absolute atomic E-state index is 0. The normalized spacial score (nSPS) is 17.6. The first-order valence-electron chi connectivity index (χ1n) is 5.21. The molecule has 1 aromatic rings. The smallest absolute Gasteiger partial charge is 0.323 e. The third kappa shape index (κ3) is 2.90. The zero-order chi connectivity index (χ0) is 11.5. The lowest BCUT2D eigenvalue weighted by atomic mass is 9.95. The molecule has 4 nitrogen and oxygen atoms in total. The van der Waals surface area contributed by atoms with E-state index in [-0.39, 0.29) is 24.4 Å². The molecule has 2 rings (SSSR count). The van der Waals surface area contributed by atoms with E-state index >= 15 is 0 Å². The van der Waals surface area contributed by atoms with Crippen molar-refractivity contribution < 1.29 is 14.3 Å². The molecule has 0 radical (unpaired) electrons. The van der Waals surface area contributed by atoms with Crippen molar-refractivity contribution in [2.24, 2.45) is 0 Å². The van der Waals surface area contributed by atoms with Crippen LogP contribution in [-0.4, -0.2) is 26.2 Å². The number of esters is 1. The summed E-state index contributed by atoms with van der Waals surface area (Å²) in [6.07, 6.45) is 0.673. The van der Waals surface area contributed by atoms with Crippen LogP contribution < -0.4 is 10.1 Å². The third-order valence-electron chi connectivity index (χ3n) is 2.86. The molecule has 0 amide bonds. The Morgan fingerprint density at radius 3 is 2.76 bits per heavy atom. The summed E-state index contributed by atoms with van der Waals surface area (Å²) in [4.78, 5) is 11.4. The van der Waals surface area contributed by atoms with Gasteiger partial charge in [0.1, 0.15) is 11.8 Å². The van der Waals surface area contributed by atoms with Crippen molar-refractivity contribution in [2.75, 3.05) is 14.2 Å². The van der Waals surface area contributed by atoms with E-state index in [9.17, 15) is 4.79 Å². The van der Waals surface area contributed by atoms with Gasteiger partial charge in [0.25, 0.3) is 0 Å². The lowest BCUT2D eigenvalue weighted by Gasteiger charge is -2.24. The highest BCUT2D eigenvalue weighted by Crippen LogP contribution is 2.22. The molecule has 1 aromatic carbocycles. The Hall–Kier alpha value is -1.26. The quantitative estimate of drug-likeness (QED) is 0.812. The number of ether oxygens (including phenoxy) is 2. The Balaban J connectivity index is 0.00000144. The van der Waals surface area contributed by atoms with E-state index in [4.69, 9.17) is 9.47 Å². The fourth-order valence-corrected chi connectivity index (χ4v) is 1.93. The molecule has 1 aliphatic heterocycles. The first-order chi connectivity index (χ1) is 7.74. The van der Waals surface area contributed by atoms with E-state index in [1.807, 2.05) is 18.2 Å². The monoisotopic (exact) mass is 257 g/mol. The van der Waals surface area contributed by atoms with Crippen LogP contribution in [0, 0.1) is 0 Å². The maximum atomic E-state index is 11.4. The van der Waals surface area contributed by atoms with E-state index in [0.29, 0.717) is 13.0 Å². The second-order valence-electron chi connectivity index (χ2n) is 3.80. The van der Waals surface area contributed by atoms with E-state index in [0.717, 1.165) is 5.75 Å². The second kappa shape index (κ2) is 5.89. The van der Waals surface area contributed by atoms with Gasteiger partial charge in [-0.25, -0.2) is 0 Å². The van der Waals surface area contributed by atoms with Gasteiger partial charge in [0.2, 0.25) is 0 Å². The number of benzene rings is 1. The number of nitrogens with one attached hydrogen (secondary N) is 1. The highest BCUT2D eigenvalue weighted by Gasteiger charge is 2.24. The van der Waals surface area contributed by atoms with Crippen LogP contribution in [0.1, 0.15) is 11.1 Å². The van der Waals surface area contributed by atoms with Gasteiger partial charge in [0.15, 0.2) is 0 Å². The summed E-state index contributed by atoms with van der Waals surface area (Å²) in [5, 5.41) is 3.15. The second-order valence-corrected chi connectivity index (χ2v) is 3.80. The number of hydrogen-bond donors (Lipinski definition) is 1. The lowest BCUT2D eigenvalue weighted by molar-refractivity contribution is -0.143. The third-order valence-corrected chi connectivity index (χ3v) is 2.86. The fraction of sp³-hybridized carbons (Fsp3) is 0.417. The van der Waals surface area contributed by atoms with Crippen molar-refractivity contribution in [2.45, 2.75) is 19.0 Å². The van der Waals surface area contributed by atoms with Gasteiger partial charge < -0.3 is 14.8 Å². The van der Waals surface area contributed by atoms with Crippen molar-refractivity contribution in [3.05, 3.63) is 29.3 Å². The van der Waals surface area contributed by atoms with Gasteiger partial charge in [0.05, 0.1) is 14.2 Å². The molecule has 1 heterocycles. The summed E-state index contributed by atoms with van der Waals surface area (Å²) in [6.45, 7) is 0.673. The fourth-order valence-electron chi connectivity index (χ4n) is 1.93. The Morgan fingerprint density at radius 2 is 2.12 bits per heavy atom. The molecule has 0 bridgehead atoms. The zero-order valence-corrected chi connectivity index (χ0v) is 10.7. The topological polar surface area (TPSA) is 47.6 Å². The van der Waals surface area contributed by atoms with E-state index in [1.54, 1.807) is 7.11 Å². The van der Waals surface area contributed by atoms with Gasteiger partial charge in [-0.2, -0.15) is 0 Å². The minimum atomic E-state index is -0.231. The van der Waals surface area contributed by atoms with Crippen LogP contribution in [0.5, 0.6) is 5.75 Å². The van der Waals surface area contributed by atoms with Gasteiger partial charge >= 0.3 is 5.97 Å². The van der Waals surface area contributed by atoms with Gasteiger partial charge in [0, 0.05) is 6.54 Å². The van der Waals surface area contributed by atoms with Gasteiger partial charge in [-0.15, -0.1) is 12.4 Å². The van der Waals surface area contributed by atoms with Gasteiger partial charge in [-0.3, -0.25) is 4.79 Å². The Morgan fingerprint density at radius 1 is 1.35 bits per heavy atom. The van der Waals surface area contributed by atoms with Crippen molar-refractivity contribution in [1.29, 1.82) is 0 Å². The van der Waals surface area contributed by atoms with E-state index < -0.39 is 0 Å². The van der Waals surface area contributed by atoms with Gasteiger partial charge in [-0.05, 0) is 29.7 Å². The average Bonchev–Trinajstić information content (AvgIpc) is 2.36. The SMILES string of the molecule is COC(=O)[C@@H]1Cc2ccc(OC)cc2CN1.Cl. The average molecular weight is 258 g/mol. The van der Waals surface area contributed by atoms with Crippen LogP contribution in [0.15, 0.2) is 18.2 Å². The number of halogens is 1. The molecule has 5 heteroatoms. The Kier molecular flexibility index (Phi) is 4.78. The summed E-state index contributed by atoms with van der Waals surface area (Å²) < 4.78 is 9.88. The molecule has 0 saturated heterocycles. The van der Waals surface area contributed by atoms with Crippen molar-refractivity contribution >= 4 is 18.4 Å². The van der Waals surface area contributed by atoms with Crippen LogP contribution in [0.4, 0.5) is 0 Å². The first kappa shape index (κ1) is 13.8. The number of fused-ring (bicyclic) bond motifs is 1. The maximum Gasteiger partial charge on any atom is 0.323 e. The van der Waals surface area contributed by atoms with Crippen LogP contribution in [0.2, 0.25) is 0 Å². The highest BCUT2D eigenvalue weighted by atomic mass is 35.5. The number of methoxy groups -OCH3 is 2. The first-order valence-corrected chi connectivity index (χ1v) is 5.21. The lowest BCUT2D eigenvalue weighted by Crippen LogP contribution is -2.42. The highest BCUT2D eigenvalue weighted by molar-refractivity contribution is 5.85. The molecule has 17 heavy (non-hydrogen) atoms. The van der Waals surface area contributed by atoms with Crippen LogP contribution in [-0.2, 0) is 22.5 Å². The van der Waals surface area contributed by atoms with Gasteiger partial charge in [-0.1, -0.05) is 6.07 Å². The largest absolute Gasteiger partial charge is 0.497 e. The molecule has 94 valence electrons. The summed E-state index contributed by atoms with van der Waals surface area (Å²) in [5.41, 5.74) is 2.36. The molecule has 0 aromatic heterocycles. The standard InChI is InChI=1S/C12H15NO3.ClH/c1-15-10-4-3-8-6-11(12(14)16-2)13-7-9(8)5-10;/h3-5,11,13H,6-7H2,1-2H3;1H/t11-;/m0./s1. The molecule has 0 aliphatic carbocycles. The number of carbonyl (C=O) groups is 1. The predicted molar refractivity (Wildman–Crippen MR) is 66.6 cm³/mol. The molecule has 0 unspecified atom stereocenters. The summed E-state index contributed by atoms with van der Waals surface area (Å²) in [6, 6.07) is 5.69. The van der Waals surface area contributed by atoms with Crippen molar-refractivity contribution in [3.8, 4) is 5.75 Å².